The molecule has 2 aromatic carbocycles. The Kier molecular flexibility index (Phi) is 4.45. The van der Waals surface area contributed by atoms with Gasteiger partial charge in [-0.2, -0.15) is 0 Å². The molecule has 0 aromatic heterocycles. The predicted octanol–water partition coefficient (Wildman–Crippen LogP) is 3.52. The molecule has 4 heteroatoms. The second-order valence-electron chi connectivity index (χ2n) is 6.83. The maximum absolute atomic E-state index is 13.2. The van der Waals surface area contributed by atoms with Crippen LogP contribution < -0.4 is 10.1 Å². The minimum Gasteiger partial charge on any atom is -0.457 e. The van der Waals surface area contributed by atoms with Crippen molar-refractivity contribution in [3.63, 3.8) is 0 Å². The highest BCUT2D eigenvalue weighted by Crippen LogP contribution is 2.43. The Morgan fingerprint density at radius 2 is 1.60 bits per heavy atom. The van der Waals surface area contributed by atoms with Gasteiger partial charge in [0.1, 0.15) is 11.5 Å². The summed E-state index contributed by atoms with van der Waals surface area (Å²) in [7, 11) is 0. The van der Waals surface area contributed by atoms with Crippen LogP contribution in [0.25, 0.3) is 0 Å². The van der Waals surface area contributed by atoms with E-state index in [-0.39, 0.29) is 17.9 Å². The van der Waals surface area contributed by atoms with Crippen molar-refractivity contribution in [2.24, 2.45) is 0 Å². The van der Waals surface area contributed by atoms with E-state index in [0.29, 0.717) is 0 Å². The van der Waals surface area contributed by atoms with Gasteiger partial charge in [-0.3, -0.25) is 4.79 Å². The Balaban J connectivity index is 1.58. The van der Waals surface area contributed by atoms with E-state index in [4.69, 9.17) is 4.74 Å². The lowest BCUT2D eigenvalue weighted by molar-refractivity contribution is -0.122. The zero-order chi connectivity index (χ0) is 17.2. The molecule has 1 fully saturated rings. The van der Waals surface area contributed by atoms with Crippen LogP contribution in [-0.2, 0) is 4.79 Å². The summed E-state index contributed by atoms with van der Waals surface area (Å²) in [6.45, 7) is 5.39. The second kappa shape index (κ2) is 6.89. The number of amides is 1. The third-order valence-corrected chi connectivity index (χ3v) is 5.32. The van der Waals surface area contributed by atoms with Crippen molar-refractivity contribution in [3.8, 4) is 11.5 Å². The molecule has 1 saturated heterocycles. The number of carbonyl (C=O) groups is 1. The Labute approximate surface area is 148 Å². The fraction of sp³-hybridized carbons (Fsp3) is 0.381. The first-order valence-corrected chi connectivity index (χ1v) is 9.14. The fourth-order valence-electron chi connectivity index (χ4n) is 3.87. The highest BCUT2D eigenvalue weighted by Gasteiger charge is 2.33. The third-order valence-electron chi connectivity index (χ3n) is 5.32. The van der Waals surface area contributed by atoms with Crippen LogP contribution in [0.2, 0.25) is 0 Å². The van der Waals surface area contributed by atoms with Crippen LogP contribution in [0.5, 0.6) is 11.5 Å². The first-order valence-electron chi connectivity index (χ1n) is 9.14. The van der Waals surface area contributed by atoms with Crippen LogP contribution in [0.4, 0.5) is 0 Å². The maximum atomic E-state index is 13.2. The molecule has 0 unspecified atom stereocenters. The van der Waals surface area contributed by atoms with Crippen molar-refractivity contribution < 1.29 is 9.53 Å². The largest absolute Gasteiger partial charge is 0.457 e. The minimum absolute atomic E-state index is 0.0816. The van der Waals surface area contributed by atoms with E-state index in [1.54, 1.807) is 0 Å². The van der Waals surface area contributed by atoms with Gasteiger partial charge in [0.2, 0.25) is 5.91 Å². The molecule has 25 heavy (non-hydrogen) atoms. The summed E-state index contributed by atoms with van der Waals surface area (Å²) in [5.74, 6) is 1.34. The summed E-state index contributed by atoms with van der Waals surface area (Å²) in [5, 5.41) is 3.29. The number of piperidine rings is 1. The van der Waals surface area contributed by atoms with Crippen LogP contribution in [0.15, 0.2) is 48.5 Å². The molecular weight excluding hydrogens is 312 g/mol. The molecule has 0 atom stereocenters. The van der Waals surface area contributed by atoms with Gasteiger partial charge in [0.25, 0.3) is 0 Å². The topological polar surface area (TPSA) is 41.6 Å². The van der Waals surface area contributed by atoms with E-state index in [1.165, 1.54) is 0 Å². The number of benzene rings is 2. The predicted molar refractivity (Wildman–Crippen MR) is 98.1 cm³/mol. The van der Waals surface area contributed by atoms with Crippen LogP contribution in [0.1, 0.15) is 36.8 Å². The van der Waals surface area contributed by atoms with Crippen molar-refractivity contribution in [3.05, 3.63) is 59.7 Å². The smallest absolute Gasteiger partial charge is 0.232 e. The monoisotopic (exact) mass is 336 g/mol. The molecule has 130 valence electrons. The first-order chi connectivity index (χ1) is 12.3. The number of para-hydroxylation sites is 2. The van der Waals surface area contributed by atoms with Crippen LogP contribution in [-0.4, -0.2) is 36.5 Å². The van der Waals surface area contributed by atoms with Gasteiger partial charge in [0.15, 0.2) is 0 Å². The standard InChI is InChI=1S/C21H24N2O2/c1-2-23-13-11-15(12-14-23)22-21(24)20-16-7-3-5-9-18(16)25-19-10-6-4-8-17(19)20/h3-10,15,20H,2,11-14H2,1H3,(H,22,24). The van der Waals surface area contributed by atoms with Crippen LogP contribution in [0.3, 0.4) is 0 Å². The number of carbonyl (C=O) groups excluding carboxylic acids is 1. The van der Waals surface area contributed by atoms with E-state index >= 15 is 0 Å². The molecule has 0 saturated carbocycles. The Hall–Kier alpha value is -2.33. The molecule has 4 nitrogen and oxygen atoms in total. The van der Waals surface area contributed by atoms with Gasteiger partial charge in [-0.05, 0) is 31.5 Å². The van der Waals surface area contributed by atoms with E-state index in [9.17, 15) is 4.79 Å². The average molecular weight is 336 g/mol. The van der Waals surface area contributed by atoms with Crippen molar-refractivity contribution in [1.29, 1.82) is 0 Å². The number of hydrogen-bond acceptors (Lipinski definition) is 3. The van der Waals surface area contributed by atoms with Gasteiger partial charge < -0.3 is 15.0 Å². The molecule has 0 bridgehead atoms. The molecule has 0 aliphatic carbocycles. The molecule has 2 aliphatic rings. The van der Waals surface area contributed by atoms with E-state index in [2.05, 4.69) is 17.1 Å². The molecule has 1 N–H and O–H groups in total. The molecule has 1 amide bonds. The highest BCUT2D eigenvalue weighted by atomic mass is 16.5. The number of ether oxygens (including phenoxy) is 1. The van der Waals surface area contributed by atoms with Gasteiger partial charge in [0, 0.05) is 30.3 Å². The molecule has 2 aliphatic heterocycles. The van der Waals surface area contributed by atoms with Crippen molar-refractivity contribution >= 4 is 5.91 Å². The van der Waals surface area contributed by atoms with E-state index in [0.717, 1.165) is 55.1 Å². The summed E-state index contributed by atoms with van der Waals surface area (Å²) in [4.78, 5) is 15.6. The van der Waals surface area contributed by atoms with Crippen LogP contribution >= 0.6 is 0 Å². The molecule has 0 radical (unpaired) electrons. The number of nitrogens with one attached hydrogen (secondary N) is 1. The Morgan fingerprint density at radius 1 is 1.04 bits per heavy atom. The number of likely N-dealkylation sites (tertiary alicyclic amines) is 1. The fourth-order valence-corrected chi connectivity index (χ4v) is 3.87. The number of nitrogens with zero attached hydrogens (tertiary/aromatic N) is 1. The summed E-state index contributed by atoms with van der Waals surface area (Å²) >= 11 is 0. The van der Waals surface area contributed by atoms with Gasteiger partial charge in [-0.1, -0.05) is 43.3 Å². The Morgan fingerprint density at radius 3 is 2.16 bits per heavy atom. The maximum Gasteiger partial charge on any atom is 0.232 e. The summed E-state index contributed by atoms with van der Waals surface area (Å²) < 4.78 is 5.99. The normalized spacial score (nSPS) is 18.1. The third kappa shape index (κ3) is 3.14. The molecular formula is C21H24N2O2. The lowest BCUT2D eigenvalue weighted by Gasteiger charge is -2.33. The second-order valence-corrected chi connectivity index (χ2v) is 6.83. The summed E-state index contributed by atoms with van der Waals surface area (Å²) in [6.07, 6.45) is 2.04. The molecule has 2 aromatic rings. The summed E-state index contributed by atoms with van der Waals surface area (Å²) in [6, 6.07) is 16.0. The zero-order valence-corrected chi connectivity index (χ0v) is 14.6. The number of hydrogen-bond donors (Lipinski definition) is 1. The Bertz CT molecular complexity index is 720. The first kappa shape index (κ1) is 16.2. The van der Waals surface area contributed by atoms with Gasteiger partial charge >= 0.3 is 0 Å². The molecule has 2 heterocycles. The van der Waals surface area contributed by atoms with Crippen molar-refractivity contribution in [2.75, 3.05) is 19.6 Å². The van der Waals surface area contributed by atoms with Crippen molar-refractivity contribution in [2.45, 2.75) is 31.7 Å². The lowest BCUT2D eigenvalue weighted by Crippen LogP contribution is -2.46. The average Bonchev–Trinajstić information content (AvgIpc) is 2.66. The zero-order valence-electron chi connectivity index (χ0n) is 14.6. The lowest BCUT2D eigenvalue weighted by atomic mass is 9.87. The number of fused-ring (bicyclic) bond motifs is 2. The quantitative estimate of drug-likeness (QED) is 0.932. The number of rotatable bonds is 3. The van der Waals surface area contributed by atoms with Gasteiger partial charge in [-0.25, -0.2) is 0 Å². The van der Waals surface area contributed by atoms with E-state index < -0.39 is 0 Å². The summed E-state index contributed by atoms with van der Waals surface area (Å²) in [5.41, 5.74) is 1.90. The SMILES string of the molecule is CCN1CCC(NC(=O)C2c3ccccc3Oc3ccccc32)CC1. The van der Waals surface area contributed by atoms with Crippen LogP contribution in [0, 0.1) is 0 Å². The van der Waals surface area contributed by atoms with Crippen molar-refractivity contribution in [1.82, 2.24) is 10.2 Å². The molecule has 0 spiro atoms. The van der Waals surface area contributed by atoms with Gasteiger partial charge in [0.05, 0.1) is 5.92 Å². The van der Waals surface area contributed by atoms with Gasteiger partial charge in [-0.15, -0.1) is 0 Å². The van der Waals surface area contributed by atoms with E-state index in [1.807, 2.05) is 48.5 Å². The molecule has 4 rings (SSSR count). The minimum atomic E-state index is -0.301. The highest BCUT2D eigenvalue weighted by molar-refractivity contribution is 5.89.